The minimum atomic E-state index is -0.126. The van der Waals surface area contributed by atoms with Gasteiger partial charge in [-0.05, 0) is 17.7 Å². The van der Waals surface area contributed by atoms with Crippen molar-refractivity contribution in [1.29, 1.82) is 0 Å². The van der Waals surface area contributed by atoms with Crippen molar-refractivity contribution in [2.75, 3.05) is 19.4 Å². The van der Waals surface area contributed by atoms with Gasteiger partial charge >= 0.3 is 0 Å². The Morgan fingerprint density at radius 3 is 2.89 bits per heavy atom. The molecule has 0 atom stereocenters. The lowest BCUT2D eigenvalue weighted by molar-refractivity contribution is 0.0784. The number of aromatic nitrogens is 2. The van der Waals surface area contributed by atoms with Gasteiger partial charge in [-0.2, -0.15) is 0 Å². The minimum absolute atomic E-state index is 0.126. The maximum absolute atomic E-state index is 12.2. The monoisotopic (exact) mass is 340 g/mol. The van der Waals surface area contributed by atoms with E-state index >= 15 is 0 Å². The summed E-state index contributed by atoms with van der Waals surface area (Å²) >= 11 is 4.66. The van der Waals surface area contributed by atoms with Crippen LogP contribution in [0.3, 0.4) is 0 Å². The first-order valence-corrected chi connectivity index (χ1v) is 7.22. The number of carbonyl (C=O) groups excluding carboxylic acids is 1. The summed E-state index contributed by atoms with van der Waals surface area (Å²) in [6, 6.07) is 7.87. The molecule has 0 unspecified atom stereocenters. The van der Waals surface area contributed by atoms with Gasteiger partial charge in [0, 0.05) is 25.1 Å². The number of nitrogens with zero attached hydrogens (tertiary/aromatic N) is 3. The zero-order chi connectivity index (χ0) is 13.8. The Morgan fingerprint density at radius 1 is 1.47 bits per heavy atom. The lowest BCUT2D eigenvalue weighted by Crippen LogP contribution is -2.26. The van der Waals surface area contributed by atoms with Crippen molar-refractivity contribution in [2.24, 2.45) is 0 Å². The van der Waals surface area contributed by atoms with E-state index < -0.39 is 0 Å². The largest absolute Gasteiger partial charge is 0.363 e. The maximum atomic E-state index is 12.2. The fourth-order valence-electron chi connectivity index (χ4n) is 1.55. The van der Waals surface area contributed by atoms with Gasteiger partial charge in [0.2, 0.25) is 10.1 Å². The second kappa shape index (κ2) is 6.12. The SMILES string of the molecule is CNc1nnc(C(=O)N(C)Cc2cccc(Br)c2)s1. The van der Waals surface area contributed by atoms with Crippen LogP contribution in [0.1, 0.15) is 15.4 Å². The summed E-state index contributed by atoms with van der Waals surface area (Å²) in [6.07, 6.45) is 0. The number of benzene rings is 1. The molecule has 1 amide bonds. The molecule has 2 rings (SSSR count). The zero-order valence-electron chi connectivity index (χ0n) is 10.6. The summed E-state index contributed by atoms with van der Waals surface area (Å²) in [5.74, 6) is -0.126. The molecule has 7 heteroatoms. The molecule has 0 radical (unpaired) electrons. The lowest BCUT2D eigenvalue weighted by Gasteiger charge is -2.15. The number of carbonyl (C=O) groups is 1. The number of anilines is 1. The van der Waals surface area contributed by atoms with Gasteiger partial charge < -0.3 is 10.2 Å². The predicted octanol–water partition coefficient (Wildman–Crippen LogP) is 2.61. The minimum Gasteiger partial charge on any atom is -0.363 e. The van der Waals surface area contributed by atoms with Crippen molar-refractivity contribution in [3.63, 3.8) is 0 Å². The number of amides is 1. The highest BCUT2D eigenvalue weighted by Crippen LogP contribution is 2.18. The highest BCUT2D eigenvalue weighted by Gasteiger charge is 2.17. The first kappa shape index (κ1) is 14.0. The standard InChI is InChI=1S/C12H13BrN4OS/c1-14-12-16-15-10(19-12)11(18)17(2)7-8-4-3-5-9(13)6-8/h3-6H,7H2,1-2H3,(H,14,16). The third kappa shape index (κ3) is 3.51. The molecule has 1 aromatic carbocycles. The van der Waals surface area contributed by atoms with Crippen LogP contribution in [0.5, 0.6) is 0 Å². The summed E-state index contributed by atoms with van der Waals surface area (Å²) in [5.41, 5.74) is 1.06. The van der Waals surface area contributed by atoms with E-state index in [-0.39, 0.29) is 5.91 Å². The van der Waals surface area contributed by atoms with Gasteiger partial charge in [-0.25, -0.2) is 0 Å². The first-order chi connectivity index (χ1) is 9.10. The van der Waals surface area contributed by atoms with Crippen LogP contribution in [-0.4, -0.2) is 35.1 Å². The number of hydrogen-bond donors (Lipinski definition) is 1. The summed E-state index contributed by atoms with van der Waals surface area (Å²) in [5, 5.41) is 11.6. The third-order valence-electron chi connectivity index (χ3n) is 2.48. The molecule has 2 aromatic rings. The number of nitrogens with one attached hydrogen (secondary N) is 1. The van der Waals surface area contributed by atoms with Crippen LogP contribution in [0.25, 0.3) is 0 Å². The van der Waals surface area contributed by atoms with Crippen molar-refractivity contribution in [3.05, 3.63) is 39.3 Å². The van der Waals surface area contributed by atoms with Gasteiger partial charge in [-0.3, -0.25) is 4.79 Å². The zero-order valence-corrected chi connectivity index (χ0v) is 13.0. The van der Waals surface area contributed by atoms with Crippen LogP contribution in [0, 0.1) is 0 Å². The molecule has 0 aliphatic rings. The second-order valence-electron chi connectivity index (χ2n) is 3.95. The molecule has 5 nitrogen and oxygen atoms in total. The molecule has 1 N–H and O–H groups in total. The molecule has 0 aliphatic heterocycles. The van der Waals surface area contributed by atoms with Crippen molar-refractivity contribution in [3.8, 4) is 0 Å². The first-order valence-electron chi connectivity index (χ1n) is 5.61. The van der Waals surface area contributed by atoms with Crippen LogP contribution in [0.2, 0.25) is 0 Å². The molecule has 0 aliphatic carbocycles. The highest BCUT2D eigenvalue weighted by atomic mass is 79.9. The maximum Gasteiger partial charge on any atom is 0.284 e. The van der Waals surface area contributed by atoms with Crippen molar-refractivity contribution in [1.82, 2.24) is 15.1 Å². The van der Waals surface area contributed by atoms with Crippen LogP contribution in [-0.2, 0) is 6.54 Å². The van der Waals surface area contributed by atoms with Crippen molar-refractivity contribution in [2.45, 2.75) is 6.54 Å². The lowest BCUT2D eigenvalue weighted by atomic mass is 10.2. The second-order valence-corrected chi connectivity index (χ2v) is 5.85. The Labute approximate surface area is 123 Å². The number of halogens is 1. The number of hydrogen-bond acceptors (Lipinski definition) is 5. The topological polar surface area (TPSA) is 58.1 Å². The van der Waals surface area contributed by atoms with E-state index in [0.29, 0.717) is 16.7 Å². The van der Waals surface area contributed by atoms with Crippen LogP contribution in [0.4, 0.5) is 5.13 Å². The van der Waals surface area contributed by atoms with Gasteiger partial charge in [-0.15, -0.1) is 10.2 Å². The van der Waals surface area contributed by atoms with Crippen LogP contribution >= 0.6 is 27.3 Å². The fraction of sp³-hybridized carbons (Fsp3) is 0.250. The van der Waals surface area contributed by atoms with E-state index in [0.717, 1.165) is 10.0 Å². The Balaban J connectivity index is 2.07. The average molecular weight is 341 g/mol. The smallest absolute Gasteiger partial charge is 0.284 e. The Bertz CT molecular complexity index is 587. The molecular formula is C12H13BrN4OS. The van der Waals surface area contributed by atoms with E-state index in [2.05, 4.69) is 31.4 Å². The highest BCUT2D eigenvalue weighted by molar-refractivity contribution is 9.10. The molecular weight excluding hydrogens is 328 g/mol. The summed E-state index contributed by atoms with van der Waals surface area (Å²) in [4.78, 5) is 13.8. The van der Waals surface area contributed by atoms with Gasteiger partial charge in [0.05, 0.1) is 0 Å². The molecule has 1 aromatic heterocycles. The molecule has 0 saturated carbocycles. The van der Waals surface area contributed by atoms with Crippen LogP contribution < -0.4 is 5.32 Å². The Morgan fingerprint density at radius 2 is 2.26 bits per heavy atom. The predicted molar refractivity (Wildman–Crippen MR) is 79.4 cm³/mol. The summed E-state index contributed by atoms with van der Waals surface area (Å²) in [7, 11) is 3.50. The van der Waals surface area contributed by atoms with Crippen molar-refractivity contribution >= 4 is 38.3 Å². The molecule has 0 spiro atoms. The Hall–Kier alpha value is -1.47. The van der Waals surface area contributed by atoms with Crippen LogP contribution in [0.15, 0.2) is 28.7 Å². The van der Waals surface area contributed by atoms with Gasteiger partial charge in [0.25, 0.3) is 5.91 Å². The third-order valence-corrected chi connectivity index (χ3v) is 3.90. The molecule has 0 fully saturated rings. The number of rotatable bonds is 4. The van der Waals surface area contributed by atoms with E-state index in [1.54, 1.807) is 19.0 Å². The fourth-order valence-corrected chi connectivity index (χ4v) is 2.69. The Kier molecular flexibility index (Phi) is 4.49. The molecule has 1 heterocycles. The summed E-state index contributed by atoms with van der Waals surface area (Å²) < 4.78 is 0.999. The molecule has 19 heavy (non-hydrogen) atoms. The normalized spacial score (nSPS) is 10.3. The molecule has 0 saturated heterocycles. The van der Waals surface area contributed by atoms with E-state index in [4.69, 9.17) is 0 Å². The van der Waals surface area contributed by atoms with Gasteiger partial charge in [0.1, 0.15) is 0 Å². The van der Waals surface area contributed by atoms with E-state index in [1.807, 2.05) is 24.3 Å². The molecule has 0 bridgehead atoms. The van der Waals surface area contributed by atoms with Gasteiger partial charge in [0.15, 0.2) is 0 Å². The van der Waals surface area contributed by atoms with E-state index in [1.165, 1.54) is 11.3 Å². The van der Waals surface area contributed by atoms with Crippen molar-refractivity contribution < 1.29 is 4.79 Å². The quantitative estimate of drug-likeness (QED) is 0.929. The van der Waals surface area contributed by atoms with Gasteiger partial charge in [-0.1, -0.05) is 39.4 Å². The molecule has 100 valence electrons. The van der Waals surface area contributed by atoms with E-state index in [9.17, 15) is 4.79 Å². The summed E-state index contributed by atoms with van der Waals surface area (Å²) in [6.45, 7) is 0.534. The average Bonchev–Trinajstić information content (AvgIpc) is 2.86.